The van der Waals surface area contributed by atoms with Gasteiger partial charge in [0.25, 0.3) is 0 Å². The summed E-state index contributed by atoms with van der Waals surface area (Å²) in [4.78, 5) is 32.0. The summed E-state index contributed by atoms with van der Waals surface area (Å²) in [7, 11) is 0. The Morgan fingerprint density at radius 3 is 2.72 bits per heavy atom. The Labute approximate surface area is 173 Å². The zero-order valence-electron chi connectivity index (χ0n) is 17.5. The summed E-state index contributed by atoms with van der Waals surface area (Å²) in [6.45, 7) is 5.78. The Kier molecular flexibility index (Phi) is 7.02. The maximum Gasteiger partial charge on any atom is 0.228 e. The second-order valence-electron chi connectivity index (χ2n) is 7.88. The number of pyridine rings is 1. The maximum absolute atomic E-state index is 13.2. The van der Waals surface area contributed by atoms with Crippen molar-refractivity contribution in [1.29, 1.82) is 0 Å². The molecule has 154 valence electrons. The van der Waals surface area contributed by atoms with Crippen LogP contribution in [-0.4, -0.2) is 41.3 Å². The number of likely N-dealkylation sites (tertiary alicyclic amines) is 1. The van der Waals surface area contributed by atoms with Gasteiger partial charge in [0.15, 0.2) is 0 Å². The van der Waals surface area contributed by atoms with E-state index < -0.39 is 5.41 Å². The van der Waals surface area contributed by atoms with E-state index >= 15 is 0 Å². The lowest BCUT2D eigenvalue weighted by atomic mass is 9.73. The number of aromatic nitrogens is 1. The number of hydrogen-bond acceptors (Lipinski definition) is 3. The number of benzene rings is 1. The molecule has 0 spiro atoms. The van der Waals surface area contributed by atoms with Crippen LogP contribution in [-0.2, 0) is 16.0 Å². The quantitative estimate of drug-likeness (QED) is 0.777. The second kappa shape index (κ2) is 9.68. The molecule has 1 atom stereocenters. The highest BCUT2D eigenvalue weighted by atomic mass is 16.2. The van der Waals surface area contributed by atoms with Gasteiger partial charge in [-0.05, 0) is 49.8 Å². The predicted molar refractivity (Wildman–Crippen MR) is 115 cm³/mol. The van der Waals surface area contributed by atoms with Crippen LogP contribution in [0, 0.1) is 5.41 Å². The molecule has 2 aromatic rings. The zero-order valence-corrected chi connectivity index (χ0v) is 17.5. The molecule has 1 aromatic carbocycles. The van der Waals surface area contributed by atoms with E-state index in [9.17, 15) is 9.59 Å². The molecule has 1 aliphatic rings. The Morgan fingerprint density at radius 2 is 2.00 bits per heavy atom. The first-order chi connectivity index (χ1) is 14.1. The molecule has 5 nitrogen and oxygen atoms in total. The summed E-state index contributed by atoms with van der Waals surface area (Å²) >= 11 is 0. The van der Waals surface area contributed by atoms with Crippen molar-refractivity contribution in [3.05, 3.63) is 54.4 Å². The molecule has 3 rings (SSSR count). The summed E-state index contributed by atoms with van der Waals surface area (Å²) in [5, 5.41) is 3.04. The van der Waals surface area contributed by atoms with Crippen molar-refractivity contribution < 1.29 is 9.59 Å². The van der Waals surface area contributed by atoms with Gasteiger partial charge in [-0.3, -0.25) is 14.6 Å². The van der Waals surface area contributed by atoms with Gasteiger partial charge < -0.3 is 10.2 Å². The van der Waals surface area contributed by atoms with Gasteiger partial charge in [-0.25, -0.2) is 0 Å². The van der Waals surface area contributed by atoms with Gasteiger partial charge in [0.1, 0.15) is 0 Å². The molecule has 0 bridgehead atoms. The predicted octanol–water partition coefficient (Wildman–Crippen LogP) is 3.84. The number of nitrogens with zero attached hydrogens (tertiary/aromatic N) is 2. The minimum Gasteiger partial charge on any atom is -0.356 e. The van der Waals surface area contributed by atoms with Gasteiger partial charge in [-0.1, -0.05) is 37.3 Å². The van der Waals surface area contributed by atoms with Crippen LogP contribution in [0.4, 0.5) is 0 Å². The van der Waals surface area contributed by atoms with Crippen LogP contribution in [0.25, 0.3) is 11.1 Å². The fourth-order valence-electron chi connectivity index (χ4n) is 4.32. The van der Waals surface area contributed by atoms with Crippen molar-refractivity contribution in [1.82, 2.24) is 15.2 Å². The first-order valence-corrected chi connectivity index (χ1v) is 10.6. The van der Waals surface area contributed by atoms with Gasteiger partial charge in [0.05, 0.1) is 5.41 Å². The van der Waals surface area contributed by atoms with Crippen molar-refractivity contribution in [2.75, 3.05) is 19.6 Å². The molecule has 1 N–H and O–H groups in total. The smallest absolute Gasteiger partial charge is 0.228 e. The molecule has 1 aromatic heterocycles. The normalized spacial score (nSPS) is 19.0. The molecule has 1 saturated heterocycles. The van der Waals surface area contributed by atoms with E-state index in [1.807, 2.05) is 49.2 Å². The van der Waals surface area contributed by atoms with E-state index in [2.05, 4.69) is 22.4 Å². The van der Waals surface area contributed by atoms with Crippen LogP contribution in [0.2, 0.25) is 0 Å². The highest BCUT2D eigenvalue weighted by Crippen LogP contribution is 2.37. The number of rotatable bonds is 7. The Bertz CT molecular complexity index is 837. The van der Waals surface area contributed by atoms with Crippen molar-refractivity contribution in [2.24, 2.45) is 5.41 Å². The molecule has 0 aliphatic carbocycles. The molecule has 0 unspecified atom stereocenters. The molecule has 2 heterocycles. The van der Waals surface area contributed by atoms with E-state index in [0.29, 0.717) is 25.9 Å². The minimum absolute atomic E-state index is 0.0509. The first-order valence-electron chi connectivity index (χ1n) is 10.6. The van der Waals surface area contributed by atoms with Gasteiger partial charge in [0, 0.05) is 44.0 Å². The topological polar surface area (TPSA) is 62.3 Å². The number of nitrogens with one attached hydrogen (secondary N) is 1. The molecule has 2 amide bonds. The van der Waals surface area contributed by atoms with E-state index in [1.165, 1.54) is 0 Å². The highest BCUT2D eigenvalue weighted by molar-refractivity contribution is 5.85. The maximum atomic E-state index is 13.2. The standard InChI is InChI=1S/C24H31N3O2/c1-3-9-22(28)27-15-8-13-24(18-27,23(29)26-4-2)16-19-10-5-6-12-21(19)20-11-7-14-25-17-20/h5-7,10-12,14,17H,3-4,8-9,13,15-16,18H2,1-2H3,(H,26,29)/t24-/m0/s1. The van der Waals surface area contributed by atoms with Crippen molar-refractivity contribution in [3.63, 3.8) is 0 Å². The number of piperidine rings is 1. The largest absolute Gasteiger partial charge is 0.356 e. The van der Waals surface area contributed by atoms with E-state index in [0.717, 1.165) is 42.5 Å². The SMILES string of the molecule is CCCC(=O)N1CCC[C@@](Cc2ccccc2-c2cccnc2)(C(=O)NCC)C1. The van der Waals surface area contributed by atoms with Gasteiger partial charge in [-0.2, -0.15) is 0 Å². The molecule has 0 radical (unpaired) electrons. The van der Waals surface area contributed by atoms with Crippen LogP contribution < -0.4 is 5.32 Å². The third kappa shape index (κ3) is 4.84. The van der Waals surface area contributed by atoms with E-state index in [-0.39, 0.29) is 11.8 Å². The second-order valence-corrected chi connectivity index (χ2v) is 7.88. The van der Waals surface area contributed by atoms with Crippen LogP contribution in [0.5, 0.6) is 0 Å². The highest BCUT2D eigenvalue weighted by Gasteiger charge is 2.43. The van der Waals surface area contributed by atoms with Gasteiger partial charge in [-0.15, -0.1) is 0 Å². The molecule has 1 aliphatic heterocycles. The van der Waals surface area contributed by atoms with Crippen molar-refractivity contribution in [2.45, 2.75) is 46.0 Å². The van der Waals surface area contributed by atoms with Crippen molar-refractivity contribution >= 4 is 11.8 Å². The van der Waals surface area contributed by atoms with E-state index in [4.69, 9.17) is 0 Å². The third-order valence-corrected chi connectivity index (χ3v) is 5.73. The Morgan fingerprint density at radius 1 is 1.17 bits per heavy atom. The van der Waals surface area contributed by atoms with Crippen molar-refractivity contribution in [3.8, 4) is 11.1 Å². The lowest BCUT2D eigenvalue weighted by Gasteiger charge is -2.42. The summed E-state index contributed by atoms with van der Waals surface area (Å²) < 4.78 is 0. The average molecular weight is 394 g/mol. The molecule has 1 fully saturated rings. The molecular formula is C24H31N3O2. The molecule has 29 heavy (non-hydrogen) atoms. The Hall–Kier alpha value is -2.69. The van der Waals surface area contributed by atoms with Crippen LogP contribution in [0.3, 0.4) is 0 Å². The summed E-state index contributed by atoms with van der Waals surface area (Å²) in [6, 6.07) is 12.2. The number of carbonyl (C=O) groups is 2. The monoisotopic (exact) mass is 393 g/mol. The number of carbonyl (C=O) groups excluding carboxylic acids is 2. The Balaban J connectivity index is 1.95. The third-order valence-electron chi connectivity index (χ3n) is 5.73. The number of amides is 2. The van der Waals surface area contributed by atoms with Crippen LogP contribution in [0.15, 0.2) is 48.8 Å². The lowest BCUT2D eigenvalue weighted by molar-refractivity contribution is -0.141. The zero-order chi connectivity index (χ0) is 20.7. The summed E-state index contributed by atoms with van der Waals surface area (Å²) in [6.07, 6.45) is 7.23. The average Bonchev–Trinajstić information content (AvgIpc) is 2.75. The fraction of sp³-hybridized carbons (Fsp3) is 0.458. The minimum atomic E-state index is -0.601. The van der Waals surface area contributed by atoms with E-state index in [1.54, 1.807) is 6.20 Å². The molecular weight excluding hydrogens is 362 g/mol. The molecule has 5 heteroatoms. The molecule has 0 saturated carbocycles. The number of hydrogen-bond donors (Lipinski definition) is 1. The van der Waals surface area contributed by atoms with Crippen LogP contribution in [0.1, 0.15) is 45.1 Å². The summed E-state index contributed by atoms with van der Waals surface area (Å²) in [5.41, 5.74) is 2.66. The van der Waals surface area contributed by atoms with Gasteiger partial charge >= 0.3 is 0 Å². The summed E-state index contributed by atoms with van der Waals surface area (Å²) in [5.74, 6) is 0.205. The fourth-order valence-corrected chi connectivity index (χ4v) is 4.32. The van der Waals surface area contributed by atoms with Crippen LogP contribution >= 0.6 is 0 Å². The lowest BCUT2D eigenvalue weighted by Crippen LogP contribution is -2.54. The van der Waals surface area contributed by atoms with Gasteiger partial charge in [0.2, 0.25) is 11.8 Å². The first kappa shape index (κ1) is 21.0.